The molecule has 0 spiro atoms. The van der Waals surface area contributed by atoms with E-state index in [2.05, 4.69) is 16.7 Å². The van der Waals surface area contributed by atoms with Gasteiger partial charge in [-0.3, -0.25) is 4.79 Å². The molecule has 1 heterocycles. The number of urea groups is 1. The molecule has 0 saturated carbocycles. The van der Waals surface area contributed by atoms with Gasteiger partial charge in [-0.05, 0) is 49.9 Å². The highest BCUT2D eigenvalue weighted by atomic mass is 16.2. The molecule has 0 aliphatic carbocycles. The number of nitrogens with one attached hydrogen (secondary N) is 2. The molecule has 5 nitrogen and oxygen atoms in total. The molecule has 1 atom stereocenters. The summed E-state index contributed by atoms with van der Waals surface area (Å²) in [5.74, 6) is 0.194. The molecular formula is C23H29N3O2. The second-order valence-corrected chi connectivity index (χ2v) is 7.41. The minimum atomic E-state index is -0.0705. The average Bonchev–Trinajstić information content (AvgIpc) is 2.73. The molecule has 1 fully saturated rings. The fourth-order valence-corrected chi connectivity index (χ4v) is 3.62. The summed E-state index contributed by atoms with van der Waals surface area (Å²) in [6.07, 6.45) is 2.01. The van der Waals surface area contributed by atoms with Crippen LogP contribution in [0.1, 0.15) is 52.7 Å². The van der Waals surface area contributed by atoms with Gasteiger partial charge in [0.05, 0.1) is 0 Å². The van der Waals surface area contributed by atoms with Gasteiger partial charge in [0.15, 0.2) is 0 Å². The van der Waals surface area contributed by atoms with Crippen molar-refractivity contribution in [2.75, 3.05) is 19.6 Å². The van der Waals surface area contributed by atoms with Gasteiger partial charge >= 0.3 is 6.03 Å². The van der Waals surface area contributed by atoms with E-state index in [0.717, 1.165) is 30.5 Å². The molecule has 1 aliphatic heterocycles. The second-order valence-electron chi connectivity index (χ2n) is 7.41. The Morgan fingerprint density at radius 3 is 2.64 bits per heavy atom. The van der Waals surface area contributed by atoms with Crippen LogP contribution in [0.2, 0.25) is 0 Å². The highest BCUT2D eigenvalue weighted by molar-refractivity contribution is 5.94. The Hall–Kier alpha value is -2.82. The number of amides is 3. The molecule has 5 heteroatoms. The zero-order chi connectivity index (χ0) is 19.9. The Morgan fingerprint density at radius 2 is 1.89 bits per heavy atom. The number of carbonyl (C=O) groups is 2. The Labute approximate surface area is 167 Å². The third-order valence-electron chi connectivity index (χ3n) is 5.23. The quantitative estimate of drug-likeness (QED) is 0.829. The maximum Gasteiger partial charge on any atom is 0.317 e. The molecular weight excluding hydrogens is 350 g/mol. The van der Waals surface area contributed by atoms with E-state index in [1.165, 1.54) is 5.56 Å². The highest BCUT2D eigenvalue weighted by Gasteiger charge is 2.24. The molecule has 0 aromatic heterocycles. The normalized spacial score (nSPS) is 16.5. The van der Waals surface area contributed by atoms with Crippen LogP contribution < -0.4 is 10.6 Å². The van der Waals surface area contributed by atoms with Gasteiger partial charge in [0.1, 0.15) is 0 Å². The van der Waals surface area contributed by atoms with Gasteiger partial charge in [-0.2, -0.15) is 0 Å². The van der Waals surface area contributed by atoms with Crippen LogP contribution in [-0.2, 0) is 6.54 Å². The molecule has 0 bridgehead atoms. The van der Waals surface area contributed by atoms with E-state index in [0.29, 0.717) is 25.2 Å². The largest absolute Gasteiger partial charge is 0.348 e. The van der Waals surface area contributed by atoms with Crippen LogP contribution in [0.15, 0.2) is 48.5 Å². The average molecular weight is 380 g/mol. The summed E-state index contributed by atoms with van der Waals surface area (Å²) >= 11 is 0. The molecule has 28 heavy (non-hydrogen) atoms. The lowest BCUT2D eigenvalue weighted by molar-refractivity contribution is 0.0950. The van der Waals surface area contributed by atoms with Gasteiger partial charge in [-0.15, -0.1) is 0 Å². The van der Waals surface area contributed by atoms with Crippen molar-refractivity contribution >= 4 is 11.9 Å². The zero-order valence-electron chi connectivity index (χ0n) is 16.7. The third-order valence-corrected chi connectivity index (χ3v) is 5.23. The summed E-state index contributed by atoms with van der Waals surface area (Å²) in [5.41, 5.74) is 4.08. The lowest BCUT2D eigenvalue weighted by Crippen LogP contribution is -2.44. The SMILES string of the molecule is CCNC(=O)N1CCCC(c2cccc(C(=O)NCc3ccc(C)cc3)c2)C1. The van der Waals surface area contributed by atoms with Crippen molar-refractivity contribution < 1.29 is 9.59 Å². The van der Waals surface area contributed by atoms with Crippen LogP contribution in [0.25, 0.3) is 0 Å². The number of aryl methyl sites for hydroxylation is 1. The maximum atomic E-state index is 12.6. The van der Waals surface area contributed by atoms with Crippen LogP contribution in [0.4, 0.5) is 4.79 Å². The number of benzene rings is 2. The van der Waals surface area contributed by atoms with Crippen molar-refractivity contribution in [1.82, 2.24) is 15.5 Å². The van der Waals surface area contributed by atoms with Crippen molar-refractivity contribution in [2.24, 2.45) is 0 Å². The lowest BCUT2D eigenvalue weighted by Gasteiger charge is -2.33. The minimum absolute atomic E-state index is 0.000745. The summed E-state index contributed by atoms with van der Waals surface area (Å²) < 4.78 is 0. The van der Waals surface area contributed by atoms with Gasteiger partial charge in [0.2, 0.25) is 0 Å². The smallest absolute Gasteiger partial charge is 0.317 e. The Balaban J connectivity index is 1.63. The van der Waals surface area contributed by atoms with Gasteiger partial charge in [0, 0.05) is 37.7 Å². The molecule has 2 aromatic carbocycles. The van der Waals surface area contributed by atoms with Crippen molar-refractivity contribution in [3.63, 3.8) is 0 Å². The predicted octanol–water partition coefficient (Wildman–Crippen LogP) is 3.83. The first-order chi connectivity index (χ1) is 13.6. The Kier molecular flexibility index (Phi) is 6.69. The monoisotopic (exact) mass is 379 g/mol. The summed E-state index contributed by atoms with van der Waals surface area (Å²) in [4.78, 5) is 26.6. The molecule has 1 aliphatic rings. The van der Waals surface area contributed by atoms with Crippen molar-refractivity contribution in [3.05, 3.63) is 70.8 Å². The number of likely N-dealkylation sites (tertiary alicyclic amines) is 1. The predicted molar refractivity (Wildman–Crippen MR) is 111 cm³/mol. The molecule has 1 unspecified atom stereocenters. The fraction of sp³-hybridized carbons (Fsp3) is 0.391. The van der Waals surface area contributed by atoms with E-state index in [4.69, 9.17) is 0 Å². The van der Waals surface area contributed by atoms with Crippen molar-refractivity contribution in [3.8, 4) is 0 Å². The Morgan fingerprint density at radius 1 is 1.11 bits per heavy atom. The van der Waals surface area contributed by atoms with Crippen molar-refractivity contribution in [2.45, 2.75) is 39.2 Å². The molecule has 0 radical (unpaired) electrons. The zero-order valence-corrected chi connectivity index (χ0v) is 16.7. The first-order valence-electron chi connectivity index (χ1n) is 10.0. The van der Waals surface area contributed by atoms with Crippen LogP contribution in [0, 0.1) is 6.92 Å². The maximum absolute atomic E-state index is 12.6. The van der Waals surface area contributed by atoms with E-state index in [1.54, 1.807) is 0 Å². The third kappa shape index (κ3) is 5.12. The number of hydrogen-bond donors (Lipinski definition) is 2. The summed E-state index contributed by atoms with van der Waals surface area (Å²) in [7, 11) is 0. The van der Waals surface area contributed by atoms with Crippen LogP contribution in [-0.4, -0.2) is 36.5 Å². The molecule has 2 N–H and O–H groups in total. The number of nitrogens with zero attached hydrogens (tertiary/aromatic N) is 1. The van der Waals surface area contributed by atoms with Crippen LogP contribution >= 0.6 is 0 Å². The summed E-state index contributed by atoms with van der Waals surface area (Å²) in [6, 6.07) is 16.0. The molecule has 148 valence electrons. The summed E-state index contributed by atoms with van der Waals surface area (Å²) in [5, 5.41) is 5.87. The van der Waals surface area contributed by atoms with Gasteiger partial charge in [-0.25, -0.2) is 4.79 Å². The molecule has 3 rings (SSSR count). The van der Waals surface area contributed by atoms with E-state index >= 15 is 0 Å². The topological polar surface area (TPSA) is 61.4 Å². The summed E-state index contributed by atoms with van der Waals surface area (Å²) in [6.45, 7) is 6.61. The van der Waals surface area contributed by atoms with Crippen molar-refractivity contribution in [1.29, 1.82) is 0 Å². The van der Waals surface area contributed by atoms with E-state index < -0.39 is 0 Å². The minimum Gasteiger partial charge on any atom is -0.348 e. The molecule has 3 amide bonds. The standard InChI is InChI=1S/C23H29N3O2/c1-3-24-23(28)26-13-5-8-21(16-26)19-6-4-7-20(14-19)22(27)25-15-18-11-9-17(2)10-12-18/h4,6-7,9-12,14,21H,3,5,8,13,15-16H2,1-2H3,(H,24,28)(H,25,27). The molecule has 1 saturated heterocycles. The van der Waals surface area contributed by atoms with Gasteiger partial charge < -0.3 is 15.5 Å². The Bertz CT molecular complexity index is 817. The number of rotatable bonds is 5. The molecule has 2 aromatic rings. The van der Waals surface area contributed by atoms with E-state index in [9.17, 15) is 9.59 Å². The van der Waals surface area contributed by atoms with Gasteiger partial charge in [0.25, 0.3) is 5.91 Å². The van der Waals surface area contributed by atoms with Crippen LogP contribution in [0.3, 0.4) is 0 Å². The lowest BCUT2D eigenvalue weighted by atomic mass is 9.89. The van der Waals surface area contributed by atoms with Crippen LogP contribution in [0.5, 0.6) is 0 Å². The number of hydrogen-bond acceptors (Lipinski definition) is 2. The first kappa shape index (κ1) is 19.9. The van der Waals surface area contributed by atoms with Gasteiger partial charge in [-0.1, -0.05) is 42.0 Å². The fourth-order valence-electron chi connectivity index (χ4n) is 3.62. The number of piperidine rings is 1. The highest BCUT2D eigenvalue weighted by Crippen LogP contribution is 2.27. The van der Waals surface area contributed by atoms with E-state index in [1.807, 2.05) is 61.2 Å². The number of carbonyl (C=O) groups excluding carboxylic acids is 2. The second kappa shape index (κ2) is 9.40. The van der Waals surface area contributed by atoms with E-state index in [-0.39, 0.29) is 17.9 Å². The first-order valence-corrected chi connectivity index (χ1v) is 10.0.